The summed E-state index contributed by atoms with van der Waals surface area (Å²) in [5.41, 5.74) is 1.05. The number of carboxylic acids is 1. The van der Waals surface area contributed by atoms with Crippen molar-refractivity contribution in [1.82, 2.24) is 0 Å². The molecule has 1 amide bonds. The summed E-state index contributed by atoms with van der Waals surface area (Å²) < 4.78 is 5.87. The molecule has 2 fully saturated rings. The van der Waals surface area contributed by atoms with E-state index in [1.807, 2.05) is 37.3 Å². The second kappa shape index (κ2) is 3.95. The van der Waals surface area contributed by atoms with E-state index in [2.05, 4.69) is 0 Å². The first-order chi connectivity index (χ1) is 10.0. The number of hydrogen-bond acceptors (Lipinski definition) is 3. The third kappa shape index (κ3) is 1.49. The first kappa shape index (κ1) is 12.6. The molecule has 4 atom stereocenters. The molecule has 1 spiro atoms. The summed E-state index contributed by atoms with van der Waals surface area (Å²) in [5.74, 6) is -2.51. The van der Waals surface area contributed by atoms with Gasteiger partial charge in [-0.2, -0.15) is 0 Å². The Morgan fingerprint density at radius 1 is 1.43 bits per heavy atom. The van der Waals surface area contributed by atoms with Gasteiger partial charge in [0.25, 0.3) is 0 Å². The number of amides is 1. The van der Waals surface area contributed by atoms with Crippen molar-refractivity contribution in [3.05, 3.63) is 42.0 Å². The fraction of sp³-hybridized carbons (Fsp3) is 0.375. The number of ether oxygens (including phenoxy) is 1. The van der Waals surface area contributed by atoms with Crippen LogP contribution in [0.25, 0.3) is 0 Å². The standard InChI is InChI=1S/C16H15NO4/c1-9-4-2-3-5-10(9)17-8-16-7-6-11(21-16)12(15(19)20)13(16)14(17)18/h2-7,11-13H,8H2,1H3,(H,19,20)/t11-,12+,13-,16+/m0/s1. The molecule has 0 radical (unpaired) electrons. The maximum Gasteiger partial charge on any atom is 0.310 e. The number of rotatable bonds is 2. The molecule has 0 aliphatic carbocycles. The van der Waals surface area contributed by atoms with Crippen molar-refractivity contribution in [2.24, 2.45) is 11.8 Å². The monoisotopic (exact) mass is 285 g/mol. The summed E-state index contributed by atoms with van der Waals surface area (Å²) in [6.45, 7) is 2.33. The summed E-state index contributed by atoms with van der Waals surface area (Å²) in [6.07, 6.45) is 3.18. The zero-order chi connectivity index (χ0) is 14.8. The van der Waals surface area contributed by atoms with Gasteiger partial charge in [-0.3, -0.25) is 9.59 Å². The number of aryl methyl sites for hydroxylation is 1. The highest BCUT2D eigenvalue weighted by atomic mass is 16.5. The molecule has 3 aliphatic heterocycles. The van der Waals surface area contributed by atoms with E-state index in [1.54, 1.807) is 11.0 Å². The maximum atomic E-state index is 12.8. The summed E-state index contributed by atoms with van der Waals surface area (Å²) >= 11 is 0. The summed E-state index contributed by atoms with van der Waals surface area (Å²) in [6, 6.07) is 7.62. The highest BCUT2D eigenvalue weighted by Crippen LogP contribution is 2.52. The van der Waals surface area contributed by atoms with Crippen molar-refractivity contribution >= 4 is 17.6 Å². The minimum absolute atomic E-state index is 0.149. The van der Waals surface area contributed by atoms with Gasteiger partial charge >= 0.3 is 5.97 Å². The molecule has 21 heavy (non-hydrogen) atoms. The molecule has 5 heteroatoms. The lowest BCUT2D eigenvalue weighted by atomic mass is 9.77. The summed E-state index contributed by atoms with van der Waals surface area (Å²) in [5, 5.41) is 9.42. The summed E-state index contributed by atoms with van der Waals surface area (Å²) in [4.78, 5) is 26.0. The lowest BCUT2D eigenvalue weighted by Gasteiger charge is -2.22. The van der Waals surface area contributed by atoms with Crippen LogP contribution in [0, 0.1) is 18.8 Å². The van der Waals surface area contributed by atoms with Crippen LogP contribution in [0.15, 0.2) is 36.4 Å². The average Bonchev–Trinajstić information content (AvgIpc) is 3.08. The molecule has 1 aromatic rings. The number of benzene rings is 1. The second-order valence-electron chi connectivity index (χ2n) is 5.95. The number of carboxylic acid groups (broad SMARTS) is 1. The minimum atomic E-state index is -0.962. The Morgan fingerprint density at radius 3 is 2.90 bits per heavy atom. The molecule has 108 valence electrons. The van der Waals surface area contributed by atoms with E-state index in [0.717, 1.165) is 11.3 Å². The van der Waals surface area contributed by atoms with E-state index >= 15 is 0 Å². The number of carbonyl (C=O) groups is 2. The Bertz CT molecular complexity index is 683. The molecule has 0 unspecified atom stereocenters. The van der Waals surface area contributed by atoms with Crippen molar-refractivity contribution in [3.63, 3.8) is 0 Å². The van der Waals surface area contributed by atoms with E-state index in [9.17, 15) is 14.7 Å². The SMILES string of the molecule is Cc1ccccc1N1C[C@@]23C=C[C@H](O2)[C@@H](C(=O)O)[C@H]3C1=O. The van der Waals surface area contributed by atoms with Crippen LogP contribution >= 0.6 is 0 Å². The first-order valence-electron chi connectivity index (χ1n) is 7.00. The molecular formula is C16H15NO4. The van der Waals surface area contributed by atoms with Gasteiger partial charge in [0.15, 0.2) is 0 Å². The van der Waals surface area contributed by atoms with E-state index in [4.69, 9.17) is 4.74 Å². The van der Waals surface area contributed by atoms with E-state index in [0.29, 0.717) is 6.54 Å². The quantitative estimate of drug-likeness (QED) is 0.833. The predicted octanol–water partition coefficient (Wildman–Crippen LogP) is 1.37. The Kier molecular flexibility index (Phi) is 2.37. The van der Waals surface area contributed by atoms with Gasteiger partial charge in [0.05, 0.1) is 18.6 Å². The number of para-hydroxylation sites is 1. The van der Waals surface area contributed by atoms with Crippen molar-refractivity contribution < 1.29 is 19.4 Å². The van der Waals surface area contributed by atoms with Gasteiger partial charge in [0, 0.05) is 5.69 Å². The molecule has 0 saturated carbocycles. The average molecular weight is 285 g/mol. The summed E-state index contributed by atoms with van der Waals surface area (Å²) in [7, 11) is 0. The Labute approximate surface area is 121 Å². The van der Waals surface area contributed by atoms with Gasteiger partial charge in [0.1, 0.15) is 11.5 Å². The molecule has 0 aromatic heterocycles. The van der Waals surface area contributed by atoms with Crippen LogP contribution in [0.4, 0.5) is 5.69 Å². The van der Waals surface area contributed by atoms with Gasteiger partial charge in [-0.15, -0.1) is 0 Å². The van der Waals surface area contributed by atoms with E-state index in [-0.39, 0.29) is 5.91 Å². The third-order valence-corrected chi connectivity index (χ3v) is 4.79. The van der Waals surface area contributed by atoms with E-state index < -0.39 is 29.5 Å². The zero-order valence-electron chi connectivity index (χ0n) is 11.5. The zero-order valence-corrected chi connectivity index (χ0v) is 11.5. The van der Waals surface area contributed by atoms with Crippen molar-refractivity contribution in [2.75, 3.05) is 11.4 Å². The largest absolute Gasteiger partial charge is 0.481 e. The molecule has 4 rings (SSSR count). The molecule has 3 aliphatic rings. The molecule has 2 saturated heterocycles. The number of nitrogens with zero attached hydrogens (tertiary/aromatic N) is 1. The smallest absolute Gasteiger partial charge is 0.310 e. The molecule has 3 heterocycles. The molecule has 2 bridgehead atoms. The Morgan fingerprint density at radius 2 is 2.19 bits per heavy atom. The van der Waals surface area contributed by atoms with Gasteiger partial charge in [-0.05, 0) is 18.6 Å². The predicted molar refractivity (Wildman–Crippen MR) is 74.9 cm³/mol. The topological polar surface area (TPSA) is 66.8 Å². The van der Waals surface area contributed by atoms with Crippen LogP contribution in [-0.4, -0.2) is 35.2 Å². The van der Waals surface area contributed by atoms with Gasteiger partial charge in [0.2, 0.25) is 5.91 Å². The number of carbonyl (C=O) groups excluding carboxylic acids is 1. The molecular weight excluding hydrogens is 270 g/mol. The van der Waals surface area contributed by atoms with Crippen molar-refractivity contribution in [3.8, 4) is 0 Å². The van der Waals surface area contributed by atoms with Crippen LogP contribution in [0.1, 0.15) is 5.56 Å². The van der Waals surface area contributed by atoms with Gasteiger partial charge in [-0.25, -0.2) is 0 Å². The highest BCUT2D eigenvalue weighted by Gasteiger charge is 2.67. The lowest BCUT2D eigenvalue weighted by Crippen LogP contribution is -2.39. The second-order valence-corrected chi connectivity index (χ2v) is 5.95. The lowest BCUT2D eigenvalue weighted by molar-refractivity contribution is -0.146. The van der Waals surface area contributed by atoms with Crippen LogP contribution in [0.2, 0.25) is 0 Å². The first-order valence-corrected chi connectivity index (χ1v) is 7.00. The highest BCUT2D eigenvalue weighted by molar-refractivity contribution is 6.02. The van der Waals surface area contributed by atoms with Gasteiger partial charge < -0.3 is 14.7 Å². The molecule has 1 aromatic carbocycles. The Balaban J connectivity index is 1.78. The number of fused-ring (bicyclic) bond motifs is 1. The minimum Gasteiger partial charge on any atom is -0.481 e. The normalized spacial score (nSPS) is 36.3. The third-order valence-electron chi connectivity index (χ3n) is 4.79. The fourth-order valence-electron chi connectivity index (χ4n) is 3.85. The van der Waals surface area contributed by atoms with Crippen LogP contribution in [0.5, 0.6) is 0 Å². The van der Waals surface area contributed by atoms with Gasteiger partial charge in [-0.1, -0.05) is 30.4 Å². The molecule has 5 nitrogen and oxygen atoms in total. The van der Waals surface area contributed by atoms with E-state index in [1.165, 1.54) is 0 Å². The Hall–Kier alpha value is -2.14. The number of hydrogen-bond donors (Lipinski definition) is 1. The van der Waals surface area contributed by atoms with Crippen LogP contribution in [-0.2, 0) is 14.3 Å². The maximum absolute atomic E-state index is 12.8. The van der Waals surface area contributed by atoms with Crippen molar-refractivity contribution in [1.29, 1.82) is 0 Å². The van der Waals surface area contributed by atoms with Crippen LogP contribution in [0.3, 0.4) is 0 Å². The number of aliphatic carboxylic acids is 1. The van der Waals surface area contributed by atoms with Crippen LogP contribution < -0.4 is 4.90 Å². The number of anilines is 1. The molecule has 1 N–H and O–H groups in total. The van der Waals surface area contributed by atoms with Crippen molar-refractivity contribution in [2.45, 2.75) is 18.6 Å². The fourth-order valence-corrected chi connectivity index (χ4v) is 3.85.